The van der Waals surface area contributed by atoms with Gasteiger partial charge in [-0.15, -0.1) is 11.8 Å². The molecular weight excluding hydrogens is 544 g/mol. The number of nitrogens with one attached hydrogen (secondary N) is 1. The van der Waals surface area contributed by atoms with E-state index >= 15 is 0 Å². The summed E-state index contributed by atoms with van der Waals surface area (Å²) in [5.41, 5.74) is 4.42. The molecule has 37 heavy (non-hydrogen) atoms. The number of carbonyl (C=O) groups is 2. The topological polar surface area (TPSA) is 49.4 Å². The van der Waals surface area contributed by atoms with Gasteiger partial charge in [0.15, 0.2) is 0 Å². The number of rotatable bonds is 11. The molecule has 0 radical (unpaired) electrons. The number of nitrogens with zero attached hydrogens (tertiary/aromatic N) is 1. The zero-order valence-electron chi connectivity index (χ0n) is 21.4. The van der Waals surface area contributed by atoms with Crippen LogP contribution in [0.3, 0.4) is 0 Å². The lowest BCUT2D eigenvalue weighted by Crippen LogP contribution is -2.52. The van der Waals surface area contributed by atoms with E-state index in [4.69, 9.17) is 0 Å². The average molecular weight is 580 g/mol. The highest BCUT2D eigenvalue weighted by Crippen LogP contribution is 2.22. The summed E-state index contributed by atoms with van der Waals surface area (Å²) >= 11 is 5.07. The van der Waals surface area contributed by atoms with Crippen LogP contribution in [0.1, 0.15) is 47.9 Å². The van der Waals surface area contributed by atoms with Crippen molar-refractivity contribution in [3.8, 4) is 0 Å². The standard InChI is InChI=1S/C31H35BrN2O2S/c1-23-9-5-6-12-26(23)20-34(30(35)22-37-21-25-15-17-27(32)18-16-25)29(19-24-10-3-2-4-11-24)31(36)33-28-13-7-8-14-28/h2-6,9-12,15-18,28-29H,7-8,13-14,19-22H2,1H3,(H,33,36)/t29-/m0/s1. The molecule has 4 rings (SSSR count). The lowest BCUT2D eigenvalue weighted by Gasteiger charge is -2.32. The maximum atomic E-state index is 13.8. The first kappa shape index (κ1) is 27.5. The number of halogens is 1. The molecule has 0 spiro atoms. The molecule has 0 bridgehead atoms. The number of benzene rings is 3. The number of amides is 2. The number of hydrogen-bond acceptors (Lipinski definition) is 3. The molecule has 0 unspecified atom stereocenters. The molecule has 0 saturated heterocycles. The van der Waals surface area contributed by atoms with E-state index in [1.807, 2.05) is 59.5 Å². The van der Waals surface area contributed by atoms with Gasteiger partial charge in [-0.25, -0.2) is 0 Å². The van der Waals surface area contributed by atoms with E-state index in [1.54, 1.807) is 11.8 Å². The van der Waals surface area contributed by atoms with E-state index in [-0.39, 0.29) is 17.9 Å². The van der Waals surface area contributed by atoms with Crippen molar-refractivity contribution < 1.29 is 9.59 Å². The molecule has 1 saturated carbocycles. The molecule has 4 nitrogen and oxygen atoms in total. The van der Waals surface area contributed by atoms with Crippen LogP contribution in [0.4, 0.5) is 0 Å². The molecule has 1 N–H and O–H groups in total. The molecule has 1 aliphatic carbocycles. The molecule has 1 atom stereocenters. The average Bonchev–Trinajstić information content (AvgIpc) is 3.42. The van der Waals surface area contributed by atoms with Crippen LogP contribution < -0.4 is 5.32 Å². The molecular formula is C31H35BrN2O2S. The van der Waals surface area contributed by atoms with E-state index in [2.05, 4.69) is 52.4 Å². The molecule has 0 aromatic heterocycles. The van der Waals surface area contributed by atoms with Gasteiger partial charge < -0.3 is 10.2 Å². The van der Waals surface area contributed by atoms with E-state index in [9.17, 15) is 9.59 Å². The maximum Gasteiger partial charge on any atom is 0.243 e. The molecule has 1 aliphatic rings. The van der Waals surface area contributed by atoms with Gasteiger partial charge in [0.05, 0.1) is 5.75 Å². The summed E-state index contributed by atoms with van der Waals surface area (Å²) in [6, 6.07) is 26.0. The van der Waals surface area contributed by atoms with Crippen LogP contribution in [0.5, 0.6) is 0 Å². The molecule has 2 amide bonds. The maximum absolute atomic E-state index is 13.8. The second-order valence-corrected chi connectivity index (χ2v) is 11.7. The van der Waals surface area contributed by atoms with Crippen LogP contribution in [0, 0.1) is 6.92 Å². The van der Waals surface area contributed by atoms with E-state index in [0.29, 0.717) is 18.7 Å². The minimum atomic E-state index is -0.566. The SMILES string of the molecule is Cc1ccccc1CN(C(=O)CSCc1ccc(Br)cc1)[C@@H](Cc1ccccc1)C(=O)NC1CCCC1. The van der Waals surface area contributed by atoms with Gasteiger partial charge in [-0.1, -0.05) is 95.5 Å². The van der Waals surface area contributed by atoms with Crippen molar-refractivity contribution in [2.24, 2.45) is 0 Å². The van der Waals surface area contributed by atoms with Gasteiger partial charge in [0, 0.05) is 29.2 Å². The molecule has 3 aromatic rings. The summed E-state index contributed by atoms with van der Waals surface area (Å²) in [5, 5.41) is 3.28. The van der Waals surface area contributed by atoms with Gasteiger partial charge in [-0.3, -0.25) is 9.59 Å². The Hall–Kier alpha value is -2.57. The molecule has 1 fully saturated rings. The van der Waals surface area contributed by atoms with Crippen molar-refractivity contribution in [1.82, 2.24) is 10.2 Å². The number of carbonyl (C=O) groups excluding carboxylic acids is 2. The van der Waals surface area contributed by atoms with Crippen molar-refractivity contribution in [2.75, 3.05) is 5.75 Å². The smallest absolute Gasteiger partial charge is 0.243 e. The summed E-state index contributed by atoms with van der Waals surface area (Å²) < 4.78 is 1.04. The summed E-state index contributed by atoms with van der Waals surface area (Å²) in [6.07, 6.45) is 4.81. The Morgan fingerprint density at radius 3 is 2.32 bits per heavy atom. The molecule has 0 aliphatic heterocycles. The zero-order valence-corrected chi connectivity index (χ0v) is 23.8. The van der Waals surface area contributed by atoms with Crippen LogP contribution in [0.15, 0.2) is 83.3 Å². The predicted molar refractivity (Wildman–Crippen MR) is 156 cm³/mol. The van der Waals surface area contributed by atoms with Crippen LogP contribution in [0.2, 0.25) is 0 Å². The second-order valence-electron chi connectivity index (χ2n) is 9.76. The monoisotopic (exact) mass is 578 g/mol. The fraction of sp³-hybridized carbons (Fsp3) is 0.355. The highest BCUT2D eigenvalue weighted by molar-refractivity contribution is 9.10. The Morgan fingerprint density at radius 1 is 0.946 bits per heavy atom. The Labute approximate surface area is 233 Å². The van der Waals surface area contributed by atoms with Crippen molar-refractivity contribution >= 4 is 39.5 Å². The highest BCUT2D eigenvalue weighted by Gasteiger charge is 2.32. The van der Waals surface area contributed by atoms with Gasteiger partial charge in [-0.2, -0.15) is 0 Å². The second kappa shape index (κ2) is 13.8. The number of hydrogen-bond donors (Lipinski definition) is 1. The van der Waals surface area contributed by atoms with Crippen molar-refractivity contribution in [1.29, 1.82) is 0 Å². The molecule has 6 heteroatoms. The van der Waals surface area contributed by atoms with Gasteiger partial charge in [0.1, 0.15) is 6.04 Å². The fourth-order valence-corrected chi connectivity index (χ4v) is 5.95. The zero-order chi connectivity index (χ0) is 26.0. The Kier molecular flexibility index (Phi) is 10.3. The molecule has 0 heterocycles. The van der Waals surface area contributed by atoms with Gasteiger partial charge in [0.2, 0.25) is 11.8 Å². The van der Waals surface area contributed by atoms with E-state index in [1.165, 1.54) is 5.56 Å². The van der Waals surface area contributed by atoms with Gasteiger partial charge in [0.25, 0.3) is 0 Å². The Balaban J connectivity index is 1.56. The molecule has 194 valence electrons. The fourth-order valence-electron chi connectivity index (χ4n) is 4.81. The van der Waals surface area contributed by atoms with E-state index < -0.39 is 6.04 Å². The third kappa shape index (κ3) is 8.21. The minimum absolute atomic E-state index is 0.00660. The quantitative estimate of drug-likeness (QED) is 0.276. The molecule has 3 aromatic carbocycles. The third-order valence-corrected chi connectivity index (χ3v) is 8.50. The normalized spacial score (nSPS) is 14.3. The first-order valence-corrected chi connectivity index (χ1v) is 14.9. The summed E-state index contributed by atoms with van der Waals surface area (Å²) in [7, 11) is 0. The van der Waals surface area contributed by atoms with Crippen molar-refractivity contribution in [3.63, 3.8) is 0 Å². The third-order valence-electron chi connectivity index (χ3n) is 6.98. The predicted octanol–water partition coefficient (Wildman–Crippen LogP) is 6.69. The summed E-state index contributed by atoms with van der Waals surface area (Å²) in [4.78, 5) is 29.3. The van der Waals surface area contributed by atoms with E-state index in [0.717, 1.165) is 52.6 Å². The first-order chi connectivity index (χ1) is 18.0. The summed E-state index contributed by atoms with van der Waals surface area (Å²) in [6.45, 7) is 2.48. The van der Waals surface area contributed by atoms with Gasteiger partial charge in [-0.05, 0) is 54.2 Å². The van der Waals surface area contributed by atoms with Crippen LogP contribution in [0.25, 0.3) is 0 Å². The van der Waals surface area contributed by atoms with Gasteiger partial charge >= 0.3 is 0 Å². The number of aryl methyl sites for hydroxylation is 1. The number of thioether (sulfide) groups is 1. The van der Waals surface area contributed by atoms with Crippen LogP contribution in [-0.4, -0.2) is 34.6 Å². The van der Waals surface area contributed by atoms with Crippen LogP contribution in [-0.2, 0) is 28.3 Å². The van der Waals surface area contributed by atoms with Crippen molar-refractivity contribution in [3.05, 3.63) is 106 Å². The lowest BCUT2D eigenvalue weighted by atomic mass is 10.0. The highest BCUT2D eigenvalue weighted by atomic mass is 79.9. The first-order valence-electron chi connectivity index (χ1n) is 13.0. The summed E-state index contributed by atoms with van der Waals surface area (Å²) in [5.74, 6) is 1.02. The lowest BCUT2D eigenvalue weighted by molar-refractivity contribution is -0.139. The Bertz CT molecular complexity index is 1160. The van der Waals surface area contributed by atoms with Crippen LogP contribution >= 0.6 is 27.7 Å². The largest absolute Gasteiger partial charge is 0.352 e. The Morgan fingerprint density at radius 2 is 1.62 bits per heavy atom. The minimum Gasteiger partial charge on any atom is -0.352 e. The van der Waals surface area contributed by atoms with Crippen molar-refractivity contribution in [2.45, 2.75) is 63.4 Å².